The van der Waals surface area contributed by atoms with Gasteiger partial charge in [0.1, 0.15) is 0 Å². The van der Waals surface area contributed by atoms with Crippen LogP contribution in [0.25, 0.3) is 16.6 Å². The van der Waals surface area contributed by atoms with Crippen LogP contribution in [0.3, 0.4) is 0 Å². The molecule has 3 aromatic rings. The van der Waals surface area contributed by atoms with Crippen LogP contribution in [-0.2, 0) is 4.79 Å². The maximum Gasteiger partial charge on any atom is 0.225 e. The number of rotatable bonds is 4. The van der Waals surface area contributed by atoms with E-state index in [-0.39, 0.29) is 6.04 Å². The van der Waals surface area contributed by atoms with Crippen molar-refractivity contribution in [1.82, 2.24) is 14.5 Å². The number of hydrogen-bond donors (Lipinski definition) is 1. The predicted octanol–water partition coefficient (Wildman–Crippen LogP) is 2.60. The Morgan fingerprint density at radius 2 is 1.69 bits per heavy atom. The number of piperazine rings is 1. The Hall–Kier alpha value is -3.06. The van der Waals surface area contributed by atoms with Gasteiger partial charge < -0.3 is 20.4 Å². The minimum absolute atomic E-state index is 0.282. The lowest BCUT2D eigenvalue weighted by molar-refractivity contribution is -0.132. The third-order valence-corrected chi connectivity index (χ3v) is 7.14. The van der Waals surface area contributed by atoms with Gasteiger partial charge in [-0.2, -0.15) is 5.10 Å². The number of aromatic nitrogens is 2. The van der Waals surface area contributed by atoms with Crippen LogP contribution in [0.5, 0.6) is 0 Å². The quantitative estimate of drug-likeness (QED) is 0.689. The van der Waals surface area contributed by atoms with Crippen molar-refractivity contribution in [3.63, 3.8) is 0 Å². The number of hydrogen-bond acceptors (Lipinski definition) is 5. The van der Waals surface area contributed by atoms with Gasteiger partial charge in [-0.1, -0.05) is 12.1 Å². The molecule has 1 atom stereocenters. The van der Waals surface area contributed by atoms with Gasteiger partial charge in [0.25, 0.3) is 0 Å². The van der Waals surface area contributed by atoms with E-state index in [2.05, 4.69) is 57.5 Å². The lowest BCUT2D eigenvalue weighted by atomic mass is 10.1. The van der Waals surface area contributed by atoms with E-state index < -0.39 is 0 Å². The molecule has 7 nitrogen and oxygen atoms in total. The molecule has 4 heterocycles. The molecule has 7 heteroatoms. The standard InChI is InChI=1S/C25H30N6O/c26-21-8-10-30(17-21)22-5-3-18(4-6-22)20-15-24-23(7-9-27-31(24)16-20)28-11-13-29(14-12-28)25(32)19-1-2-19/h3-7,9,15-16,19,21H,1-2,8,10-14,17,26H2/t21-/m1/s1. The number of anilines is 2. The van der Waals surface area contributed by atoms with Gasteiger partial charge in [-0.3, -0.25) is 4.79 Å². The van der Waals surface area contributed by atoms with Crippen molar-refractivity contribution in [1.29, 1.82) is 0 Å². The Balaban J connectivity index is 1.21. The average molecular weight is 431 g/mol. The zero-order valence-corrected chi connectivity index (χ0v) is 18.4. The molecule has 2 N–H and O–H groups in total. The number of carbonyl (C=O) groups is 1. The lowest BCUT2D eigenvalue weighted by Crippen LogP contribution is -2.49. The molecule has 0 unspecified atom stereocenters. The highest BCUT2D eigenvalue weighted by Gasteiger charge is 2.34. The molecule has 1 aromatic carbocycles. The molecule has 3 fully saturated rings. The van der Waals surface area contributed by atoms with Crippen LogP contribution in [0.15, 0.2) is 48.8 Å². The molecule has 1 saturated carbocycles. The minimum atomic E-state index is 0.282. The summed E-state index contributed by atoms with van der Waals surface area (Å²) in [6.45, 7) is 5.31. The first-order valence-corrected chi connectivity index (χ1v) is 11.8. The third-order valence-electron chi connectivity index (χ3n) is 7.14. The van der Waals surface area contributed by atoms with Crippen molar-refractivity contribution in [3.8, 4) is 11.1 Å². The molecular formula is C25H30N6O. The molecule has 1 aliphatic carbocycles. The summed E-state index contributed by atoms with van der Waals surface area (Å²) in [5.41, 5.74) is 12.0. The van der Waals surface area contributed by atoms with Crippen molar-refractivity contribution in [2.45, 2.75) is 25.3 Å². The number of benzene rings is 1. The van der Waals surface area contributed by atoms with Crippen molar-refractivity contribution >= 4 is 22.8 Å². The fourth-order valence-corrected chi connectivity index (χ4v) is 5.07. The van der Waals surface area contributed by atoms with Crippen LogP contribution >= 0.6 is 0 Å². The largest absolute Gasteiger partial charge is 0.370 e. The molecule has 1 amide bonds. The van der Waals surface area contributed by atoms with E-state index in [4.69, 9.17) is 5.73 Å². The van der Waals surface area contributed by atoms with Crippen LogP contribution in [0, 0.1) is 5.92 Å². The smallest absolute Gasteiger partial charge is 0.225 e. The fraction of sp³-hybridized carbons (Fsp3) is 0.440. The van der Waals surface area contributed by atoms with Gasteiger partial charge in [-0.05, 0) is 49.1 Å². The van der Waals surface area contributed by atoms with Gasteiger partial charge in [0.05, 0.1) is 11.2 Å². The molecule has 6 rings (SSSR count). The molecule has 0 spiro atoms. The van der Waals surface area contributed by atoms with Gasteiger partial charge in [-0.15, -0.1) is 0 Å². The van der Waals surface area contributed by atoms with E-state index in [9.17, 15) is 4.79 Å². The highest BCUT2D eigenvalue weighted by Crippen LogP contribution is 2.33. The fourth-order valence-electron chi connectivity index (χ4n) is 5.07. The summed E-state index contributed by atoms with van der Waals surface area (Å²) in [5, 5.41) is 4.55. The number of amides is 1. The van der Waals surface area contributed by atoms with Crippen molar-refractivity contribution < 1.29 is 4.79 Å². The Kier molecular flexibility index (Phi) is 4.79. The summed E-state index contributed by atoms with van der Waals surface area (Å²) in [5.74, 6) is 0.657. The van der Waals surface area contributed by atoms with Crippen molar-refractivity contribution in [2.24, 2.45) is 11.7 Å². The number of nitrogens with zero attached hydrogens (tertiary/aromatic N) is 5. The number of carbonyl (C=O) groups excluding carboxylic acids is 1. The average Bonchev–Trinajstić information content (AvgIpc) is 3.44. The van der Waals surface area contributed by atoms with Crippen molar-refractivity contribution in [3.05, 3.63) is 48.8 Å². The van der Waals surface area contributed by atoms with E-state index in [0.717, 1.165) is 69.6 Å². The molecule has 2 saturated heterocycles. The normalized spacial score (nSPS) is 21.5. The summed E-state index contributed by atoms with van der Waals surface area (Å²) < 4.78 is 1.97. The monoisotopic (exact) mass is 430 g/mol. The van der Waals surface area contributed by atoms with Crippen LogP contribution in [0.4, 0.5) is 11.4 Å². The Bertz CT molecular complexity index is 1130. The molecule has 166 valence electrons. The molecule has 0 radical (unpaired) electrons. The van der Waals surface area contributed by atoms with Gasteiger partial charge >= 0.3 is 0 Å². The Labute approximate surface area is 188 Å². The van der Waals surface area contributed by atoms with Crippen molar-refractivity contribution in [2.75, 3.05) is 49.1 Å². The summed E-state index contributed by atoms with van der Waals surface area (Å²) in [7, 11) is 0. The second kappa shape index (κ2) is 7.81. The van der Waals surface area contributed by atoms with Crippen LogP contribution in [-0.4, -0.2) is 65.7 Å². The first-order valence-electron chi connectivity index (χ1n) is 11.8. The Morgan fingerprint density at radius 3 is 2.38 bits per heavy atom. The molecule has 3 aliphatic rings. The van der Waals surface area contributed by atoms with E-state index in [0.29, 0.717) is 11.8 Å². The van der Waals surface area contributed by atoms with Gasteiger partial charge in [0, 0.05) is 74.9 Å². The Morgan fingerprint density at radius 1 is 0.906 bits per heavy atom. The summed E-state index contributed by atoms with van der Waals surface area (Å²) >= 11 is 0. The zero-order valence-electron chi connectivity index (χ0n) is 18.4. The van der Waals surface area contributed by atoms with Crippen LogP contribution < -0.4 is 15.5 Å². The van der Waals surface area contributed by atoms with Gasteiger partial charge in [-0.25, -0.2) is 4.52 Å². The van der Waals surface area contributed by atoms with Crippen LogP contribution in [0.2, 0.25) is 0 Å². The van der Waals surface area contributed by atoms with E-state index in [1.165, 1.54) is 16.9 Å². The lowest BCUT2D eigenvalue weighted by Gasteiger charge is -2.36. The van der Waals surface area contributed by atoms with E-state index >= 15 is 0 Å². The molecular weight excluding hydrogens is 400 g/mol. The van der Waals surface area contributed by atoms with E-state index in [1.54, 1.807) is 0 Å². The number of fused-ring (bicyclic) bond motifs is 1. The summed E-state index contributed by atoms with van der Waals surface area (Å²) in [6.07, 6.45) is 7.18. The molecule has 0 bridgehead atoms. The highest BCUT2D eigenvalue weighted by atomic mass is 16.2. The van der Waals surface area contributed by atoms with Crippen LogP contribution in [0.1, 0.15) is 19.3 Å². The minimum Gasteiger partial charge on any atom is -0.370 e. The maximum absolute atomic E-state index is 12.4. The predicted molar refractivity (Wildman–Crippen MR) is 127 cm³/mol. The van der Waals surface area contributed by atoms with E-state index in [1.807, 2.05) is 15.6 Å². The topological polar surface area (TPSA) is 70.1 Å². The first-order chi connectivity index (χ1) is 15.7. The maximum atomic E-state index is 12.4. The number of nitrogens with two attached hydrogens (primary N) is 1. The van der Waals surface area contributed by atoms with Gasteiger partial charge in [0.2, 0.25) is 5.91 Å². The first kappa shape index (κ1) is 19.6. The SMILES string of the molecule is N[C@@H]1CCN(c2ccc(-c3cc4c(N5CCN(C(=O)C6CC6)CC5)ccnn4c3)cc2)C1. The third kappa shape index (κ3) is 3.60. The summed E-state index contributed by atoms with van der Waals surface area (Å²) in [4.78, 5) is 19.2. The zero-order chi connectivity index (χ0) is 21.7. The second-order valence-corrected chi connectivity index (χ2v) is 9.40. The van der Waals surface area contributed by atoms with Gasteiger partial charge in [0.15, 0.2) is 0 Å². The molecule has 32 heavy (non-hydrogen) atoms. The second-order valence-electron chi connectivity index (χ2n) is 9.40. The highest BCUT2D eigenvalue weighted by molar-refractivity contribution is 5.82. The molecule has 2 aromatic heterocycles. The molecule has 2 aliphatic heterocycles. The summed E-state index contributed by atoms with van der Waals surface area (Å²) in [6, 6.07) is 13.4.